The average Bonchev–Trinajstić information content (AvgIpc) is 2.74. The van der Waals surface area contributed by atoms with Gasteiger partial charge in [-0.3, -0.25) is 18.8 Å². The summed E-state index contributed by atoms with van der Waals surface area (Å²) >= 11 is 3.33. The second-order valence-electron chi connectivity index (χ2n) is 6.10. The zero-order valence-electron chi connectivity index (χ0n) is 14.5. The van der Waals surface area contributed by atoms with Crippen molar-refractivity contribution in [3.8, 4) is 0 Å². The summed E-state index contributed by atoms with van der Waals surface area (Å²) < 4.78 is 2.09. The summed E-state index contributed by atoms with van der Waals surface area (Å²) in [6.45, 7) is 0. The highest BCUT2D eigenvalue weighted by Crippen LogP contribution is 2.17. The van der Waals surface area contributed by atoms with E-state index in [2.05, 4.69) is 20.9 Å². The third kappa shape index (κ3) is 3.18. The van der Waals surface area contributed by atoms with E-state index in [4.69, 9.17) is 0 Å². The predicted octanol–water partition coefficient (Wildman–Crippen LogP) is 3.92. The Balaban J connectivity index is 1.99. The molecule has 6 heteroatoms. The lowest BCUT2D eigenvalue weighted by Gasteiger charge is -2.10. The molecule has 0 fully saturated rings. The normalized spacial score (nSPS) is 10.8. The second kappa shape index (κ2) is 7.32. The molecule has 136 valence electrons. The maximum absolute atomic E-state index is 13.1. The molecule has 0 aliphatic carbocycles. The molecular weight excluding hydrogens is 420 g/mol. The molecule has 0 saturated carbocycles. The van der Waals surface area contributed by atoms with Crippen molar-refractivity contribution in [1.82, 2.24) is 9.38 Å². The molecule has 0 unspecified atom stereocenters. The Hall–Kier alpha value is -3.38. The fourth-order valence-corrected chi connectivity index (χ4v) is 3.19. The first-order chi connectivity index (χ1) is 13.6. The van der Waals surface area contributed by atoms with Crippen LogP contribution in [0.5, 0.6) is 0 Å². The molecule has 5 nitrogen and oxygen atoms in total. The Kier molecular flexibility index (Phi) is 4.71. The molecule has 0 bridgehead atoms. The summed E-state index contributed by atoms with van der Waals surface area (Å²) in [7, 11) is 0. The topological polar surface area (TPSA) is 68.5 Å². The van der Waals surface area contributed by atoms with E-state index < -0.39 is 17.1 Å². The lowest BCUT2D eigenvalue weighted by atomic mass is 9.98. The summed E-state index contributed by atoms with van der Waals surface area (Å²) in [6.07, 6.45) is 1.53. The van der Waals surface area contributed by atoms with Gasteiger partial charge in [0.25, 0.3) is 5.56 Å². The van der Waals surface area contributed by atoms with Crippen LogP contribution in [0.25, 0.3) is 5.65 Å². The first-order valence-corrected chi connectivity index (χ1v) is 9.27. The molecule has 2 heterocycles. The average molecular weight is 433 g/mol. The quantitative estimate of drug-likeness (QED) is 0.458. The fraction of sp³-hybridized carbons (Fsp3) is 0. The molecule has 0 N–H and O–H groups in total. The maximum Gasteiger partial charge on any atom is 0.269 e. The summed E-state index contributed by atoms with van der Waals surface area (Å²) in [5.41, 5.74) is 0.0207. The molecule has 0 aliphatic heterocycles. The van der Waals surface area contributed by atoms with E-state index in [0.717, 1.165) is 4.47 Å². The molecule has 0 spiro atoms. The molecule has 0 aliphatic rings. The van der Waals surface area contributed by atoms with Crippen LogP contribution in [-0.4, -0.2) is 21.0 Å². The zero-order chi connectivity index (χ0) is 19.7. The van der Waals surface area contributed by atoms with Crippen LogP contribution < -0.4 is 5.56 Å². The van der Waals surface area contributed by atoms with Gasteiger partial charge in [0.1, 0.15) is 16.9 Å². The van der Waals surface area contributed by atoms with Gasteiger partial charge in [-0.25, -0.2) is 4.98 Å². The first kappa shape index (κ1) is 18.0. The summed E-state index contributed by atoms with van der Waals surface area (Å²) in [4.78, 5) is 43.7. The third-order valence-electron chi connectivity index (χ3n) is 4.32. The minimum Gasteiger partial charge on any atom is -0.288 e. The van der Waals surface area contributed by atoms with Gasteiger partial charge in [0, 0.05) is 21.8 Å². The second-order valence-corrected chi connectivity index (χ2v) is 7.02. The number of ketones is 2. The van der Waals surface area contributed by atoms with E-state index in [-0.39, 0.29) is 11.3 Å². The standard InChI is InChI=1S/C22H13BrN2O3/c23-16-11-9-15(10-12-16)21(27)19-18(20(26)14-6-2-1-3-7-14)22(28)25-13-5-4-8-17(25)24-19/h1-13H. The molecule has 2 aromatic heterocycles. The molecule has 4 aromatic rings. The van der Waals surface area contributed by atoms with E-state index in [1.54, 1.807) is 72.8 Å². The lowest BCUT2D eigenvalue weighted by molar-refractivity contribution is 0.0998. The Morgan fingerprint density at radius 2 is 1.43 bits per heavy atom. The van der Waals surface area contributed by atoms with Crippen molar-refractivity contribution in [2.24, 2.45) is 0 Å². The smallest absolute Gasteiger partial charge is 0.269 e. The predicted molar refractivity (Wildman–Crippen MR) is 109 cm³/mol. The van der Waals surface area contributed by atoms with Crippen molar-refractivity contribution in [3.05, 3.63) is 116 Å². The number of hydrogen-bond acceptors (Lipinski definition) is 4. The number of nitrogens with zero attached hydrogens (tertiary/aromatic N) is 2. The van der Waals surface area contributed by atoms with Gasteiger partial charge >= 0.3 is 0 Å². The number of benzene rings is 2. The van der Waals surface area contributed by atoms with Crippen LogP contribution in [0.1, 0.15) is 32.0 Å². The number of aromatic nitrogens is 2. The Morgan fingerprint density at radius 1 is 0.786 bits per heavy atom. The van der Waals surface area contributed by atoms with Crippen LogP contribution in [0.2, 0.25) is 0 Å². The molecule has 4 rings (SSSR count). The van der Waals surface area contributed by atoms with E-state index in [1.165, 1.54) is 10.6 Å². The van der Waals surface area contributed by atoms with Crippen LogP contribution in [0.4, 0.5) is 0 Å². The number of fused-ring (bicyclic) bond motifs is 1. The third-order valence-corrected chi connectivity index (χ3v) is 4.85. The summed E-state index contributed by atoms with van der Waals surface area (Å²) in [6, 6.07) is 20.1. The highest BCUT2D eigenvalue weighted by atomic mass is 79.9. The number of rotatable bonds is 4. The minimum atomic E-state index is -0.570. The highest BCUT2D eigenvalue weighted by molar-refractivity contribution is 9.10. The van der Waals surface area contributed by atoms with Crippen molar-refractivity contribution in [2.45, 2.75) is 0 Å². The Bertz CT molecular complexity index is 1260. The maximum atomic E-state index is 13.1. The molecule has 0 saturated heterocycles. The number of carbonyl (C=O) groups excluding carboxylic acids is 2. The summed E-state index contributed by atoms with van der Waals surface area (Å²) in [5.74, 6) is -1.01. The van der Waals surface area contributed by atoms with Crippen LogP contribution in [0.3, 0.4) is 0 Å². The van der Waals surface area contributed by atoms with Crippen LogP contribution >= 0.6 is 15.9 Å². The minimum absolute atomic E-state index is 0.146. The van der Waals surface area contributed by atoms with Crippen molar-refractivity contribution < 1.29 is 9.59 Å². The van der Waals surface area contributed by atoms with Gasteiger partial charge in [0.2, 0.25) is 11.6 Å². The number of pyridine rings is 1. The van der Waals surface area contributed by atoms with E-state index in [9.17, 15) is 14.4 Å². The van der Waals surface area contributed by atoms with Crippen molar-refractivity contribution in [2.75, 3.05) is 0 Å². The number of halogens is 1. The van der Waals surface area contributed by atoms with Crippen molar-refractivity contribution >= 4 is 33.1 Å². The molecular formula is C22H13BrN2O3. The SMILES string of the molecule is O=C(c1ccc(Br)cc1)c1nc2ccccn2c(=O)c1C(=O)c1ccccc1. The summed E-state index contributed by atoms with van der Waals surface area (Å²) in [5, 5.41) is 0. The highest BCUT2D eigenvalue weighted by Gasteiger charge is 2.26. The molecule has 0 radical (unpaired) electrons. The van der Waals surface area contributed by atoms with Gasteiger partial charge in [-0.1, -0.05) is 52.3 Å². The molecule has 0 amide bonds. The molecule has 2 aromatic carbocycles. The number of hydrogen-bond donors (Lipinski definition) is 0. The number of carbonyl (C=O) groups is 2. The monoisotopic (exact) mass is 432 g/mol. The van der Waals surface area contributed by atoms with E-state index in [1.807, 2.05) is 0 Å². The molecule has 28 heavy (non-hydrogen) atoms. The van der Waals surface area contributed by atoms with Crippen LogP contribution in [-0.2, 0) is 0 Å². The Morgan fingerprint density at radius 3 is 2.14 bits per heavy atom. The van der Waals surface area contributed by atoms with Crippen molar-refractivity contribution in [1.29, 1.82) is 0 Å². The van der Waals surface area contributed by atoms with E-state index >= 15 is 0 Å². The van der Waals surface area contributed by atoms with Crippen LogP contribution in [0, 0.1) is 0 Å². The van der Waals surface area contributed by atoms with Gasteiger partial charge in [-0.05, 0) is 36.4 Å². The van der Waals surface area contributed by atoms with Gasteiger partial charge in [0.15, 0.2) is 0 Å². The Labute approximate surface area is 168 Å². The van der Waals surface area contributed by atoms with Gasteiger partial charge in [0.05, 0.1) is 0 Å². The van der Waals surface area contributed by atoms with E-state index in [0.29, 0.717) is 16.8 Å². The first-order valence-electron chi connectivity index (χ1n) is 8.47. The van der Waals surface area contributed by atoms with Gasteiger partial charge in [-0.2, -0.15) is 0 Å². The lowest BCUT2D eigenvalue weighted by Crippen LogP contribution is -2.28. The molecule has 0 atom stereocenters. The fourth-order valence-electron chi connectivity index (χ4n) is 2.93. The van der Waals surface area contributed by atoms with Crippen molar-refractivity contribution in [3.63, 3.8) is 0 Å². The van der Waals surface area contributed by atoms with Crippen LogP contribution in [0.15, 0.2) is 88.3 Å². The van der Waals surface area contributed by atoms with Gasteiger partial charge < -0.3 is 0 Å². The largest absolute Gasteiger partial charge is 0.288 e. The zero-order valence-corrected chi connectivity index (χ0v) is 16.1. The van der Waals surface area contributed by atoms with Gasteiger partial charge in [-0.15, -0.1) is 0 Å².